The van der Waals surface area contributed by atoms with E-state index in [0.29, 0.717) is 34.0 Å². The van der Waals surface area contributed by atoms with Gasteiger partial charge in [0.1, 0.15) is 34.4 Å². The average Bonchev–Trinajstić information content (AvgIpc) is 3.28. The standard InChI is InChI=1S/C23H20FN3O4/c1-29-17-8-3-14(20(11-17)30-2)13-25-23(28)19-12-21-18(9-10-31-21)22(27-19)26-16-6-4-15(24)5-7-16/h3-12H,13H2,1-2H3,(H,25,28)(H,26,27). The summed E-state index contributed by atoms with van der Waals surface area (Å²) in [5.74, 6) is 0.985. The molecule has 4 aromatic rings. The van der Waals surface area contributed by atoms with Crippen LogP contribution in [0.5, 0.6) is 11.5 Å². The molecule has 0 saturated carbocycles. The van der Waals surface area contributed by atoms with Crippen molar-refractivity contribution in [3.05, 3.63) is 77.9 Å². The number of aromatic nitrogens is 1. The fourth-order valence-corrected chi connectivity index (χ4v) is 3.11. The number of rotatable bonds is 7. The van der Waals surface area contributed by atoms with Gasteiger partial charge < -0.3 is 24.5 Å². The number of hydrogen-bond acceptors (Lipinski definition) is 6. The molecule has 7 nitrogen and oxygen atoms in total. The number of carbonyl (C=O) groups is 1. The van der Waals surface area contributed by atoms with E-state index in [1.807, 2.05) is 6.07 Å². The van der Waals surface area contributed by atoms with Crippen LogP contribution in [0.1, 0.15) is 16.1 Å². The molecular formula is C23H20FN3O4. The summed E-state index contributed by atoms with van der Waals surface area (Å²) in [4.78, 5) is 17.2. The maximum atomic E-state index is 13.2. The van der Waals surface area contributed by atoms with Crippen LogP contribution in [0, 0.1) is 5.82 Å². The molecule has 31 heavy (non-hydrogen) atoms. The van der Waals surface area contributed by atoms with E-state index in [-0.39, 0.29) is 24.0 Å². The molecule has 0 unspecified atom stereocenters. The smallest absolute Gasteiger partial charge is 0.270 e. The third-order valence-corrected chi connectivity index (χ3v) is 4.72. The predicted octanol–water partition coefficient (Wildman–Crippen LogP) is 4.66. The molecule has 1 amide bonds. The maximum Gasteiger partial charge on any atom is 0.270 e. The molecule has 8 heteroatoms. The molecule has 0 radical (unpaired) electrons. The van der Waals surface area contributed by atoms with E-state index in [9.17, 15) is 9.18 Å². The number of hydrogen-bond donors (Lipinski definition) is 2. The molecule has 0 saturated heterocycles. The van der Waals surface area contributed by atoms with Crippen molar-refractivity contribution in [3.8, 4) is 11.5 Å². The Labute approximate surface area is 177 Å². The minimum Gasteiger partial charge on any atom is -0.497 e. The van der Waals surface area contributed by atoms with Crippen molar-refractivity contribution in [1.82, 2.24) is 10.3 Å². The lowest BCUT2D eigenvalue weighted by atomic mass is 10.2. The highest BCUT2D eigenvalue weighted by molar-refractivity contribution is 5.99. The van der Waals surface area contributed by atoms with Gasteiger partial charge in [0.15, 0.2) is 0 Å². The molecule has 0 atom stereocenters. The summed E-state index contributed by atoms with van der Waals surface area (Å²) in [5.41, 5.74) is 2.11. The summed E-state index contributed by atoms with van der Waals surface area (Å²) in [5, 5.41) is 6.66. The van der Waals surface area contributed by atoms with E-state index in [2.05, 4.69) is 15.6 Å². The fourth-order valence-electron chi connectivity index (χ4n) is 3.11. The highest BCUT2D eigenvalue weighted by Gasteiger charge is 2.15. The molecule has 2 aromatic carbocycles. The number of anilines is 2. The monoisotopic (exact) mass is 421 g/mol. The van der Waals surface area contributed by atoms with Crippen LogP contribution in [0.25, 0.3) is 11.0 Å². The first kappa shape index (κ1) is 20.2. The highest BCUT2D eigenvalue weighted by Crippen LogP contribution is 2.27. The first-order valence-corrected chi connectivity index (χ1v) is 9.47. The molecule has 0 aliphatic carbocycles. The van der Waals surface area contributed by atoms with Crippen LogP contribution in [-0.2, 0) is 6.54 Å². The second-order valence-electron chi connectivity index (χ2n) is 6.68. The van der Waals surface area contributed by atoms with Crippen molar-refractivity contribution < 1.29 is 23.1 Å². The van der Waals surface area contributed by atoms with Gasteiger partial charge in [-0.15, -0.1) is 0 Å². The van der Waals surface area contributed by atoms with Crippen molar-refractivity contribution in [1.29, 1.82) is 0 Å². The molecule has 2 aromatic heterocycles. The molecule has 4 rings (SSSR count). The normalized spacial score (nSPS) is 10.7. The number of furan rings is 1. The highest BCUT2D eigenvalue weighted by atomic mass is 19.1. The third kappa shape index (κ3) is 4.42. The van der Waals surface area contributed by atoms with Gasteiger partial charge in [-0.25, -0.2) is 9.37 Å². The Morgan fingerprint density at radius 2 is 1.87 bits per heavy atom. The molecule has 2 heterocycles. The van der Waals surface area contributed by atoms with Gasteiger partial charge in [-0.2, -0.15) is 0 Å². The number of fused-ring (bicyclic) bond motifs is 1. The van der Waals surface area contributed by atoms with Gasteiger partial charge in [0.25, 0.3) is 5.91 Å². The van der Waals surface area contributed by atoms with Crippen molar-refractivity contribution >= 4 is 28.4 Å². The van der Waals surface area contributed by atoms with Gasteiger partial charge in [0.05, 0.1) is 25.9 Å². The Morgan fingerprint density at radius 3 is 2.61 bits per heavy atom. The van der Waals surface area contributed by atoms with E-state index in [4.69, 9.17) is 13.9 Å². The van der Waals surface area contributed by atoms with Gasteiger partial charge in [-0.3, -0.25) is 4.79 Å². The lowest BCUT2D eigenvalue weighted by Crippen LogP contribution is -2.24. The number of methoxy groups -OCH3 is 2. The number of benzene rings is 2. The predicted molar refractivity (Wildman–Crippen MR) is 114 cm³/mol. The number of carbonyl (C=O) groups excluding carboxylic acids is 1. The SMILES string of the molecule is COc1ccc(CNC(=O)c2cc3occc3c(Nc3ccc(F)cc3)n2)c(OC)c1. The third-order valence-electron chi connectivity index (χ3n) is 4.72. The first-order valence-electron chi connectivity index (χ1n) is 9.47. The van der Waals surface area contributed by atoms with Crippen LogP contribution in [0.4, 0.5) is 15.9 Å². The second kappa shape index (κ2) is 8.74. The summed E-state index contributed by atoms with van der Waals surface area (Å²) < 4.78 is 29.2. The summed E-state index contributed by atoms with van der Waals surface area (Å²) in [6, 6.07) is 14.5. The van der Waals surface area contributed by atoms with Crippen molar-refractivity contribution in [2.45, 2.75) is 6.54 Å². The minimum atomic E-state index is -0.377. The van der Waals surface area contributed by atoms with Crippen LogP contribution in [-0.4, -0.2) is 25.1 Å². The van der Waals surface area contributed by atoms with E-state index < -0.39 is 0 Å². The first-order chi connectivity index (χ1) is 15.1. The Bertz CT molecular complexity index is 1220. The van der Waals surface area contributed by atoms with Gasteiger partial charge in [0, 0.05) is 29.9 Å². The van der Waals surface area contributed by atoms with E-state index in [0.717, 1.165) is 5.56 Å². The van der Waals surface area contributed by atoms with Gasteiger partial charge in [0.2, 0.25) is 0 Å². The van der Waals surface area contributed by atoms with Crippen molar-refractivity contribution in [3.63, 3.8) is 0 Å². The summed E-state index contributed by atoms with van der Waals surface area (Å²) in [7, 11) is 3.13. The molecule has 0 fully saturated rings. The lowest BCUT2D eigenvalue weighted by molar-refractivity contribution is 0.0946. The van der Waals surface area contributed by atoms with Crippen LogP contribution in [0.3, 0.4) is 0 Å². The zero-order chi connectivity index (χ0) is 21.8. The van der Waals surface area contributed by atoms with Gasteiger partial charge in [-0.05, 0) is 42.5 Å². The molecule has 158 valence electrons. The number of halogens is 1. The Balaban J connectivity index is 1.56. The Morgan fingerprint density at radius 1 is 1.06 bits per heavy atom. The fraction of sp³-hybridized carbons (Fsp3) is 0.130. The molecular weight excluding hydrogens is 401 g/mol. The number of amides is 1. The molecule has 2 N–H and O–H groups in total. The summed E-state index contributed by atoms with van der Waals surface area (Å²) in [6.07, 6.45) is 1.52. The number of pyridine rings is 1. The van der Waals surface area contributed by atoms with Crippen LogP contribution >= 0.6 is 0 Å². The number of nitrogens with zero attached hydrogens (tertiary/aromatic N) is 1. The van der Waals surface area contributed by atoms with Crippen LogP contribution in [0.15, 0.2) is 65.3 Å². The number of nitrogens with one attached hydrogen (secondary N) is 2. The van der Waals surface area contributed by atoms with E-state index in [1.165, 1.54) is 18.4 Å². The zero-order valence-electron chi connectivity index (χ0n) is 16.9. The summed E-state index contributed by atoms with van der Waals surface area (Å²) >= 11 is 0. The van der Waals surface area contributed by atoms with E-state index in [1.54, 1.807) is 50.6 Å². The quantitative estimate of drug-likeness (QED) is 0.452. The molecule has 0 aliphatic rings. The largest absolute Gasteiger partial charge is 0.497 e. The lowest BCUT2D eigenvalue weighted by Gasteiger charge is -2.12. The average molecular weight is 421 g/mol. The van der Waals surface area contributed by atoms with Crippen molar-refractivity contribution in [2.24, 2.45) is 0 Å². The molecule has 0 aliphatic heterocycles. The second-order valence-corrected chi connectivity index (χ2v) is 6.68. The van der Waals surface area contributed by atoms with Crippen LogP contribution in [0.2, 0.25) is 0 Å². The Hall–Kier alpha value is -4.07. The molecule has 0 bridgehead atoms. The van der Waals surface area contributed by atoms with Gasteiger partial charge >= 0.3 is 0 Å². The topological polar surface area (TPSA) is 85.6 Å². The summed E-state index contributed by atoms with van der Waals surface area (Å²) in [6.45, 7) is 0.241. The Kier molecular flexibility index (Phi) is 5.70. The van der Waals surface area contributed by atoms with Gasteiger partial charge in [-0.1, -0.05) is 0 Å². The van der Waals surface area contributed by atoms with Crippen LogP contribution < -0.4 is 20.1 Å². The van der Waals surface area contributed by atoms with E-state index >= 15 is 0 Å². The number of ether oxygens (including phenoxy) is 2. The zero-order valence-corrected chi connectivity index (χ0v) is 16.9. The van der Waals surface area contributed by atoms with Crippen molar-refractivity contribution in [2.75, 3.05) is 19.5 Å². The minimum absolute atomic E-state index is 0.180. The molecule has 0 spiro atoms. The maximum absolute atomic E-state index is 13.2.